The molecule has 1 aliphatic rings. The van der Waals surface area contributed by atoms with Crippen molar-refractivity contribution in [2.24, 2.45) is 0 Å². The fourth-order valence-corrected chi connectivity index (χ4v) is 2.16. The molecule has 64 valence electrons. The molecule has 1 aromatic carbocycles. The van der Waals surface area contributed by atoms with Crippen LogP contribution in [0.4, 0.5) is 0 Å². The van der Waals surface area contributed by atoms with Crippen LogP contribution >= 0.6 is 0 Å². The molecule has 0 fully saturated rings. The first-order valence-electron chi connectivity index (χ1n) is 4.56. The molecular weight excluding hydrogens is 146 g/mol. The Bertz CT molecular complexity index is 277. The third-order valence-electron chi connectivity index (χ3n) is 2.74. The molecule has 0 aromatic heterocycles. The zero-order valence-corrected chi connectivity index (χ0v) is 7.72. The third kappa shape index (κ3) is 1.05. The molecule has 0 aliphatic heterocycles. The maximum Gasteiger partial charge on any atom is 0.00205 e. The molecular formula is C11H15N. The van der Waals surface area contributed by atoms with Gasteiger partial charge in [-0.05, 0) is 37.1 Å². The summed E-state index contributed by atoms with van der Waals surface area (Å²) in [6.45, 7) is 3.33. The molecule has 0 bridgehead atoms. The molecule has 1 aromatic rings. The molecule has 0 heterocycles. The monoisotopic (exact) mass is 161 g/mol. The van der Waals surface area contributed by atoms with Gasteiger partial charge in [-0.25, -0.2) is 0 Å². The Labute approximate surface area is 73.8 Å². The van der Waals surface area contributed by atoms with Gasteiger partial charge in [-0.2, -0.15) is 0 Å². The number of fused-ring (bicyclic) bond motifs is 1. The van der Waals surface area contributed by atoms with Crippen LogP contribution in [0.25, 0.3) is 0 Å². The van der Waals surface area contributed by atoms with Gasteiger partial charge >= 0.3 is 0 Å². The standard InChI is InChI=1S/C11H15N/c1-8-4-3-5-9-6-10(7-12-2)11(8)9/h3-5,10,12H,6-7H2,1-2H3. The number of aryl methyl sites for hydroxylation is 1. The zero-order valence-electron chi connectivity index (χ0n) is 7.72. The Morgan fingerprint density at radius 3 is 3.00 bits per heavy atom. The van der Waals surface area contributed by atoms with E-state index in [1.54, 1.807) is 11.1 Å². The third-order valence-corrected chi connectivity index (χ3v) is 2.74. The van der Waals surface area contributed by atoms with E-state index in [0.29, 0.717) is 0 Å². The minimum Gasteiger partial charge on any atom is -0.319 e. The highest BCUT2D eigenvalue weighted by Crippen LogP contribution is 2.36. The number of nitrogens with one attached hydrogen (secondary N) is 1. The molecule has 1 unspecified atom stereocenters. The molecule has 1 aliphatic carbocycles. The second-order valence-corrected chi connectivity index (χ2v) is 3.61. The first-order valence-corrected chi connectivity index (χ1v) is 4.56. The molecule has 0 radical (unpaired) electrons. The van der Waals surface area contributed by atoms with E-state index in [0.717, 1.165) is 12.5 Å². The van der Waals surface area contributed by atoms with Crippen LogP contribution in [0.15, 0.2) is 18.2 Å². The van der Waals surface area contributed by atoms with Crippen LogP contribution in [-0.2, 0) is 6.42 Å². The van der Waals surface area contributed by atoms with Crippen LogP contribution in [0, 0.1) is 6.92 Å². The predicted octanol–water partition coefficient (Wildman–Crippen LogP) is 1.85. The van der Waals surface area contributed by atoms with E-state index in [1.807, 2.05) is 7.05 Å². The summed E-state index contributed by atoms with van der Waals surface area (Å²) in [6, 6.07) is 6.61. The molecule has 2 rings (SSSR count). The van der Waals surface area contributed by atoms with Crippen molar-refractivity contribution in [3.05, 3.63) is 34.9 Å². The average molecular weight is 161 g/mol. The molecule has 1 N–H and O–H groups in total. The second-order valence-electron chi connectivity index (χ2n) is 3.61. The lowest BCUT2D eigenvalue weighted by atomic mass is 9.75. The van der Waals surface area contributed by atoms with Crippen molar-refractivity contribution >= 4 is 0 Å². The molecule has 0 amide bonds. The molecule has 0 spiro atoms. The van der Waals surface area contributed by atoms with Gasteiger partial charge in [0.05, 0.1) is 0 Å². The van der Waals surface area contributed by atoms with Crippen molar-refractivity contribution in [3.63, 3.8) is 0 Å². The number of benzene rings is 1. The van der Waals surface area contributed by atoms with Crippen molar-refractivity contribution in [1.82, 2.24) is 5.32 Å². The molecule has 0 saturated carbocycles. The Morgan fingerprint density at radius 2 is 2.33 bits per heavy atom. The lowest BCUT2D eigenvalue weighted by Gasteiger charge is -2.31. The number of likely N-dealkylation sites (N-methyl/N-ethyl adjacent to an activating group) is 1. The fourth-order valence-electron chi connectivity index (χ4n) is 2.16. The average Bonchev–Trinajstić information content (AvgIpc) is 2.00. The number of hydrogen-bond donors (Lipinski definition) is 1. The van der Waals surface area contributed by atoms with Crippen molar-refractivity contribution in [2.45, 2.75) is 19.3 Å². The highest BCUT2D eigenvalue weighted by atomic mass is 14.8. The van der Waals surface area contributed by atoms with Gasteiger partial charge in [0.25, 0.3) is 0 Å². The molecule has 1 nitrogen and oxygen atoms in total. The van der Waals surface area contributed by atoms with Gasteiger partial charge in [0, 0.05) is 12.5 Å². The summed E-state index contributed by atoms with van der Waals surface area (Å²) < 4.78 is 0. The molecule has 1 atom stereocenters. The maximum absolute atomic E-state index is 3.24. The van der Waals surface area contributed by atoms with E-state index >= 15 is 0 Å². The second kappa shape index (κ2) is 2.91. The van der Waals surface area contributed by atoms with E-state index in [2.05, 4.69) is 30.4 Å². The zero-order chi connectivity index (χ0) is 8.55. The minimum absolute atomic E-state index is 0.770. The summed E-state index contributed by atoms with van der Waals surface area (Å²) in [4.78, 5) is 0. The summed E-state index contributed by atoms with van der Waals surface area (Å²) in [5.74, 6) is 0.770. The lowest BCUT2D eigenvalue weighted by molar-refractivity contribution is 0.564. The summed E-state index contributed by atoms with van der Waals surface area (Å²) in [7, 11) is 2.02. The molecule has 1 heteroatoms. The van der Waals surface area contributed by atoms with E-state index in [1.165, 1.54) is 12.0 Å². The first-order chi connectivity index (χ1) is 5.83. The first kappa shape index (κ1) is 7.81. The Balaban J connectivity index is 2.27. The minimum atomic E-state index is 0.770. The molecule has 0 saturated heterocycles. The maximum atomic E-state index is 3.24. The van der Waals surface area contributed by atoms with Crippen LogP contribution in [-0.4, -0.2) is 13.6 Å². The van der Waals surface area contributed by atoms with Crippen molar-refractivity contribution in [1.29, 1.82) is 0 Å². The van der Waals surface area contributed by atoms with Crippen LogP contribution in [0.3, 0.4) is 0 Å². The normalized spacial score (nSPS) is 20.0. The van der Waals surface area contributed by atoms with Crippen LogP contribution in [0.1, 0.15) is 22.6 Å². The van der Waals surface area contributed by atoms with Crippen molar-refractivity contribution in [3.8, 4) is 0 Å². The van der Waals surface area contributed by atoms with E-state index in [-0.39, 0.29) is 0 Å². The van der Waals surface area contributed by atoms with E-state index in [9.17, 15) is 0 Å². The highest BCUT2D eigenvalue weighted by molar-refractivity contribution is 5.45. The highest BCUT2D eigenvalue weighted by Gasteiger charge is 2.26. The Morgan fingerprint density at radius 1 is 1.50 bits per heavy atom. The smallest absolute Gasteiger partial charge is 0.00205 e. The van der Waals surface area contributed by atoms with Crippen molar-refractivity contribution < 1.29 is 0 Å². The van der Waals surface area contributed by atoms with E-state index in [4.69, 9.17) is 0 Å². The predicted molar refractivity (Wildman–Crippen MR) is 51.6 cm³/mol. The summed E-state index contributed by atoms with van der Waals surface area (Å²) >= 11 is 0. The van der Waals surface area contributed by atoms with Gasteiger partial charge in [-0.15, -0.1) is 0 Å². The summed E-state index contributed by atoms with van der Waals surface area (Å²) in [5.41, 5.74) is 4.60. The topological polar surface area (TPSA) is 12.0 Å². The van der Waals surface area contributed by atoms with Gasteiger partial charge < -0.3 is 5.32 Å². The SMILES string of the molecule is CNCC1Cc2cccc(C)c21. The van der Waals surface area contributed by atoms with Crippen LogP contribution in [0.5, 0.6) is 0 Å². The molecule has 12 heavy (non-hydrogen) atoms. The van der Waals surface area contributed by atoms with Crippen LogP contribution < -0.4 is 5.32 Å². The Kier molecular flexibility index (Phi) is 1.89. The van der Waals surface area contributed by atoms with Gasteiger partial charge in [0.15, 0.2) is 0 Å². The Hall–Kier alpha value is -0.820. The largest absolute Gasteiger partial charge is 0.319 e. The van der Waals surface area contributed by atoms with Gasteiger partial charge in [0.1, 0.15) is 0 Å². The number of rotatable bonds is 2. The quantitative estimate of drug-likeness (QED) is 0.698. The van der Waals surface area contributed by atoms with Gasteiger partial charge in [0.2, 0.25) is 0 Å². The van der Waals surface area contributed by atoms with Gasteiger partial charge in [-0.3, -0.25) is 0 Å². The summed E-state index contributed by atoms with van der Waals surface area (Å²) in [6.07, 6.45) is 1.26. The fraction of sp³-hybridized carbons (Fsp3) is 0.455. The van der Waals surface area contributed by atoms with Crippen molar-refractivity contribution in [2.75, 3.05) is 13.6 Å². The van der Waals surface area contributed by atoms with Gasteiger partial charge in [-0.1, -0.05) is 18.2 Å². The lowest BCUT2D eigenvalue weighted by Crippen LogP contribution is -2.27. The van der Waals surface area contributed by atoms with E-state index < -0.39 is 0 Å². The summed E-state index contributed by atoms with van der Waals surface area (Å²) in [5, 5.41) is 3.24. The van der Waals surface area contributed by atoms with Crippen LogP contribution in [0.2, 0.25) is 0 Å². The number of hydrogen-bond acceptors (Lipinski definition) is 1.